The molecule has 0 aliphatic carbocycles. The summed E-state index contributed by atoms with van der Waals surface area (Å²) >= 11 is 0. The number of aromatic nitrogens is 13. The minimum absolute atomic E-state index is 0.833. The van der Waals surface area contributed by atoms with Gasteiger partial charge in [0.05, 0.1) is 6.20 Å². The molecule has 588 valence electrons. The van der Waals surface area contributed by atoms with Crippen LogP contribution in [-0.2, 0) is 0 Å². The van der Waals surface area contributed by atoms with E-state index in [4.69, 9.17) is 0 Å². The topological polar surface area (TPSA) is 168 Å². The van der Waals surface area contributed by atoms with E-state index in [9.17, 15) is 0 Å². The Morgan fingerprint density at radius 2 is 0.265 bits per heavy atom. The van der Waals surface area contributed by atoms with Crippen LogP contribution in [0, 0.1) is 41.4 Å². The van der Waals surface area contributed by atoms with Crippen molar-refractivity contribution >= 4 is 0 Å². The Morgan fingerprint density at radius 3 is 0.337 bits per heavy atom. The van der Waals surface area contributed by atoms with Gasteiger partial charge in [-0.2, -0.15) is 15.3 Å². The van der Waals surface area contributed by atoms with Crippen LogP contribution in [0.2, 0.25) is 0 Å². The lowest BCUT2D eigenvalue weighted by atomic mass is 10.3. The minimum Gasteiger partial charge on any atom is -0.265 e. The van der Waals surface area contributed by atoms with Gasteiger partial charge in [-0.25, -0.2) is 29.9 Å². The third kappa shape index (κ3) is 555. The van der Waals surface area contributed by atoms with Crippen molar-refractivity contribution in [3.8, 4) is 0 Å². The highest BCUT2D eigenvalue weighted by Crippen LogP contribution is 1.84. The molecule has 0 unspecified atom stereocenters. The highest BCUT2D eigenvalue weighted by Gasteiger charge is 1.71. The molecule has 98 heavy (non-hydrogen) atoms. The van der Waals surface area contributed by atoms with Crippen LogP contribution >= 0.6 is 0 Å². The van der Waals surface area contributed by atoms with Crippen LogP contribution in [0.4, 0.5) is 0 Å². The molecule has 13 nitrogen and oxygen atoms in total. The fourth-order valence-electron chi connectivity index (χ4n) is 1.87. The first-order chi connectivity index (χ1) is 47.1. The third-order valence-corrected chi connectivity index (χ3v) is 3.48. The Bertz CT molecular complexity index is 1130. The number of pyridine rings is 1. The molecule has 7 aromatic rings. The molecular formula is C85H183N13. The minimum atomic E-state index is 0.833. The van der Waals surface area contributed by atoms with Crippen molar-refractivity contribution in [3.63, 3.8) is 0 Å². The Kier molecular flexibility index (Phi) is 350. The highest BCUT2D eigenvalue weighted by atomic mass is 15.1. The van der Waals surface area contributed by atoms with Crippen LogP contribution in [-0.4, -0.2) is 65.3 Å². The Morgan fingerprint density at radius 1 is 0.122 bits per heavy atom. The second-order valence-electron chi connectivity index (χ2n) is 18.6. The zero-order valence-electron chi connectivity index (χ0n) is 75.6. The summed E-state index contributed by atoms with van der Waals surface area (Å²) in [5, 5.41) is 14.0. The van der Waals surface area contributed by atoms with Crippen molar-refractivity contribution in [1.82, 2.24) is 65.3 Å². The lowest BCUT2D eigenvalue weighted by Gasteiger charge is -1.79. The smallest absolute Gasteiger partial charge is 0.138 e. The fourth-order valence-corrected chi connectivity index (χ4v) is 1.87. The number of rotatable bonds is 0. The Labute approximate surface area is 621 Å². The molecule has 13 heteroatoms. The molecule has 7 rings (SSSR count). The van der Waals surface area contributed by atoms with Crippen LogP contribution < -0.4 is 0 Å². The molecule has 0 atom stereocenters. The molecule has 6 aromatic heterocycles. The zero-order valence-corrected chi connectivity index (χ0v) is 75.6. The van der Waals surface area contributed by atoms with Crippen molar-refractivity contribution < 1.29 is 0 Å². The molecule has 0 amide bonds. The van der Waals surface area contributed by atoms with Gasteiger partial charge in [0.2, 0.25) is 0 Å². The molecule has 0 bridgehead atoms. The monoisotopic (exact) mass is 1390 g/mol. The summed E-state index contributed by atoms with van der Waals surface area (Å²) in [5.74, 6) is 5.83. The van der Waals surface area contributed by atoms with Gasteiger partial charge in [0.15, 0.2) is 0 Å². The summed E-state index contributed by atoms with van der Waals surface area (Å²) in [6.45, 7) is 102. The first-order valence-corrected chi connectivity index (χ1v) is 38.2. The van der Waals surface area contributed by atoms with E-state index in [1.807, 2.05) is 261 Å². The molecule has 0 fully saturated rings. The van der Waals surface area contributed by atoms with E-state index in [-0.39, 0.29) is 0 Å². The van der Waals surface area contributed by atoms with Gasteiger partial charge in [0, 0.05) is 68.2 Å². The maximum Gasteiger partial charge on any atom is 0.138 e. The average Bonchev–Trinajstić information content (AvgIpc) is 3.72. The summed E-state index contributed by atoms with van der Waals surface area (Å²) in [7, 11) is 0. The van der Waals surface area contributed by atoms with E-state index in [1.54, 1.807) is 74.2 Å². The van der Waals surface area contributed by atoms with Crippen molar-refractivity contribution in [2.45, 2.75) is 339 Å². The molecule has 0 saturated heterocycles. The van der Waals surface area contributed by atoms with Crippen LogP contribution in [0.25, 0.3) is 0 Å². The zero-order chi connectivity index (χ0) is 82.7. The van der Waals surface area contributed by atoms with Gasteiger partial charge in [-0.3, -0.25) is 15.0 Å². The highest BCUT2D eigenvalue weighted by molar-refractivity contribution is 4.99. The van der Waals surface area contributed by atoms with Crippen LogP contribution in [0.15, 0.2) is 179 Å². The number of benzene rings is 1. The second-order valence-corrected chi connectivity index (χ2v) is 18.6. The van der Waals surface area contributed by atoms with Crippen molar-refractivity contribution in [2.75, 3.05) is 0 Å². The lowest BCUT2D eigenvalue weighted by Crippen LogP contribution is -1.75. The predicted molar refractivity (Wildman–Crippen MR) is 459 cm³/mol. The maximum absolute atomic E-state index is 3.78. The quantitative estimate of drug-likeness (QED) is 0.141. The fraction of sp³-hybridized carbons (Fsp3) is 0.659. The summed E-state index contributed by atoms with van der Waals surface area (Å²) in [5.41, 5.74) is 0. The molecule has 0 aliphatic heterocycles. The summed E-state index contributed by atoms with van der Waals surface area (Å²) in [6.07, 6.45) is 27.0. The van der Waals surface area contributed by atoms with Gasteiger partial charge >= 0.3 is 0 Å². The molecule has 0 saturated carbocycles. The largest absolute Gasteiger partial charge is 0.265 e. The van der Waals surface area contributed by atoms with Gasteiger partial charge < -0.3 is 0 Å². The first-order valence-electron chi connectivity index (χ1n) is 38.2. The second kappa shape index (κ2) is 227. The summed E-state index contributed by atoms with van der Waals surface area (Å²) < 4.78 is 0. The molecule has 0 spiro atoms. The van der Waals surface area contributed by atoms with Crippen LogP contribution in [0.3, 0.4) is 0 Å². The third-order valence-electron chi connectivity index (χ3n) is 3.48. The Balaban J connectivity index is -0.0000000335. The van der Waals surface area contributed by atoms with Crippen molar-refractivity contribution in [2.24, 2.45) is 41.4 Å². The number of hydrogen-bond donors (Lipinski definition) is 0. The van der Waals surface area contributed by atoms with Gasteiger partial charge in [-0.15, -0.1) is 5.10 Å². The van der Waals surface area contributed by atoms with E-state index in [0.717, 1.165) is 41.4 Å². The van der Waals surface area contributed by atoms with E-state index >= 15 is 0 Å². The average molecular weight is 1390 g/mol. The predicted octanol–water partition coefficient (Wildman–Crippen LogP) is 29.9. The van der Waals surface area contributed by atoms with Crippen LogP contribution in [0.1, 0.15) is 339 Å². The molecule has 6 heterocycles. The standard InChI is InChI=1S/C6H6.C5H5N.3C4H4N2.7C4H10.2C3H3N3.14C2H6/c2*1-2-4-6-5-3-1;1-2-6-4-3-5-1;1-2-5-4-6-3-1;1-2-4-6-5-3-1;7*1-4(2)3;1-4-2-6-3-5-1;1-2-5-6-3-4-1;14*1-2/h1-6H;1-5H;3*1-4H;7*4H,1-3H3;2*1-3H;14*1-2H3. The Hall–Kier alpha value is -6.37. The first kappa shape index (κ1) is 151. The summed E-state index contributed by atoms with van der Waals surface area (Å²) in [6, 6.07) is 23.1. The van der Waals surface area contributed by atoms with Crippen molar-refractivity contribution in [3.05, 3.63) is 179 Å². The van der Waals surface area contributed by atoms with E-state index in [1.165, 1.54) is 37.8 Å². The van der Waals surface area contributed by atoms with E-state index in [2.05, 4.69) is 211 Å². The number of hydrogen-bond acceptors (Lipinski definition) is 13. The van der Waals surface area contributed by atoms with Gasteiger partial charge in [0.1, 0.15) is 31.6 Å². The maximum atomic E-state index is 3.78. The SMILES string of the molecule is CC.CC.CC.CC.CC.CC.CC.CC.CC.CC.CC.CC.CC.CC.CC(C)C.CC(C)C.CC(C)C.CC(C)C.CC(C)C.CC(C)C.CC(C)C.c1ccccc1.c1ccncc1.c1ccnnc1.c1cnccn1.c1cncnc1.c1cnncn1.c1ncncn1. The normalized spacial score (nSPS) is 6.86. The van der Waals surface area contributed by atoms with Gasteiger partial charge in [-0.1, -0.05) is 382 Å². The molecular weight excluding hydrogens is 1200 g/mol. The molecule has 0 aliphatic rings. The van der Waals surface area contributed by atoms with E-state index < -0.39 is 0 Å². The molecule has 0 radical (unpaired) electrons. The lowest BCUT2D eigenvalue weighted by molar-refractivity contribution is 0.736. The van der Waals surface area contributed by atoms with Gasteiger partial charge in [0.25, 0.3) is 0 Å². The number of nitrogens with zero attached hydrogens (tertiary/aromatic N) is 13. The van der Waals surface area contributed by atoms with E-state index in [0.29, 0.717) is 0 Å². The van der Waals surface area contributed by atoms with Crippen LogP contribution in [0.5, 0.6) is 0 Å². The molecule has 0 N–H and O–H groups in total. The summed E-state index contributed by atoms with van der Waals surface area (Å²) in [4.78, 5) is 32.9. The van der Waals surface area contributed by atoms with Crippen molar-refractivity contribution in [1.29, 1.82) is 0 Å². The molecule has 1 aromatic carbocycles. The van der Waals surface area contributed by atoms with Gasteiger partial charge in [-0.05, 0) is 71.8 Å².